The minimum atomic E-state index is 0.0275. The van der Waals surface area contributed by atoms with Gasteiger partial charge in [0.25, 0.3) is 5.91 Å². The molecule has 1 atom stereocenters. The fraction of sp³-hybridized carbons (Fsp3) is 0.588. The number of piperidine rings is 1. The summed E-state index contributed by atoms with van der Waals surface area (Å²) in [7, 11) is 3.20. The van der Waals surface area contributed by atoms with E-state index < -0.39 is 0 Å². The van der Waals surface area contributed by atoms with Gasteiger partial charge in [-0.25, -0.2) is 0 Å². The van der Waals surface area contributed by atoms with Crippen LogP contribution in [0.1, 0.15) is 35.7 Å². The molecular formula is C17H26N2O3. The third kappa shape index (κ3) is 3.35. The Kier molecular flexibility index (Phi) is 5.29. The van der Waals surface area contributed by atoms with Crippen LogP contribution in [0, 0.1) is 12.8 Å². The lowest BCUT2D eigenvalue weighted by molar-refractivity contribution is 0.0680. The standard InChI is InChI=1S/C17H26N2O3/c1-11-15(21-3)9-14(10-16(11)22-4)17(20)19-7-5-13(6-8-19)12(2)18/h9-10,12-13H,5-8,18H2,1-4H3. The van der Waals surface area contributed by atoms with E-state index in [9.17, 15) is 4.79 Å². The van der Waals surface area contributed by atoms with Gasteiger partial charge < -0.3 is 20.1 Å². The molecule has 1 heterocycles. The van der Waals surface area contributed by atoms with E-state index in [0.29, 0.717) is 23.0 Å². The van der Waals surface area contributed by atoms with Gasteiger partial charge >= 0.3 is 0 Å². The number of benzene rings is 1. The van der Waals surface area contributed by atoms with Crippen LogP contribution in [0.15, 0.2) is 12.1 Å². The van der Waals surface area contributed by atoms with E-state index in [-0.39, 0.29) is 11.9 Å². The Hall–Kier alpha value is -1.75. The van der Waals surface area contributed by atoms with Crippen molar-refractivity contribution < 1.29 is 14.3 Å². The summed E-state index contributed by atoms with van der Waals surface area (Å²) in [5, 5.41) is 0. The summed E-state index contributed by atoms with van der Waals surface area (Å²) in [5.41, 5.74) is 7.47. The maximum absolute atomic E-state index is 12.7. The second-order valence-corrected chi connectivity index (χ2v) is 5.99. The predicted octanol–water partition coefficient (Wildman–Crippen LogP) is 2.21. The maximum Gasteiger partial charge on any atom is 0.254 e. The first-order valence-corrected chi connectivity index (χ1v) is 7.75. The summed E-state index contributed by atoms with van der Waals surface area (Å²) in [4.78, 5) is 14.6. The van der Waals surface area contributed by atoms with E-state index in [1.165, 1.54) is 0 Å². The molecule has 1 aliphatic heterocycles. The van der Waals surface area contributed by atoms with Crippen LogP contribution in [0.4, 0.5) is 0 Å². The van der Waals surface area contributed by atoms with E-state index in [2.05, 4.69) is 0 Å². The molecule has 1 amide bonds. The average Bonchev–Trinajstić information content (AvgIpc) is 2.54. The fourth-order valence-corrected chi connectivity index (χ4v) is 3.02. The minimum Gasteiger partial charge on any atom is -0.496 e. The largest absolute Gasteiger partial charge is 0.496 e. The van der Waals surface area contributed by atoms with Crippen LogP contribution < -0.4 is 15.2 Å². The fourth-order valence-electron chi connectivity index (χ4n) is 3.02. The SMILES string of the molecule is COc1cc(C(=O)N2CCC(C(C)N)CC2)cc(OC)c1C. The molecule has 0 bridgehead atoms. The number of nitrogens with zero attached hydrogens (tertiary/aromatic N) is 1. The van der Waals surface area contributed by atoms with Gasteiger partial charge in [-0.3, -0.25) is 4.79 Å². The Labute approximate surface area is 132 Å². The zero-order valence-corrected chi connectivity index (χ0v) is 13.9. The van der Waals surface area contributed by atoms with Crippen LogP contribution in [-0.2, 0) is 0 Å². The first kappa shape index (κ1) is 16.6. The molecule has 0 saturated carbocycles. The molecule has 1 unspecified atom stereocenters. The molecule has 1 fully saturated rings. The normalized spacial score (nSPS) is 17.2. The van der Waals surface area contributed by atoms with Crippen molar-refractivity contribution in [3.63, 3.8) is 0 Å². The summed E-state index contributed by atoms with van der Waals surface area (Å²) in [6, 6.07) is 3.77. The maximum atomic E-state index is 12.7. The molecule has 0 radical (unpaired) electrons. The first-order valence-electron chi connectivity index (χ1n) is 7.75. The van der Waals surface area contributed by atoms with Crippen LogP contribution >= 0.6 is 0 Å². The number of nitrogens with two attached hydrogens (primary N) is 1. The topological polar surface area (TPSA) is 64.8 Å². The number of rotatable bonds is 4. The molecule has 1 aromatic rings. The molecule has 1 aromatic carbocycles. The van der Waals surface area contributed by atoms with Crippen molar-refractivity contribution in [3.05, 3.63) is 23.3 Å². The molecule has 0 aliphatic carbocycles. The zero-order chi connectivity index (χ0) is 16.3. The first-order chi connectivity index (χ1) is 10.5. The molecule has 22 heavy (non-hydrogen) atoms. The van der Waals surface area contributed by atoms with Crippen LogP contribution in [0.25, 0.3) is 0 Å². The van der Waals surface area contributed by atoms with Gasteiger partial charge in [0.05, 0.1) is 14.2 Å². The number of ether oxygens (including phenoxy) is 2. The van der Waals surface area contributed by atoms with Crippen molar-refractivity contribution in [1.29, 1.82) is 0 Å². The monoisotopic (exact) mass is 306 g/mol. The lowest BCUT2D eigenvalue weighted by Gasteiger charge is -2.33. The highest BCUT2D eigenvalue weighted by molar-refractivity contribution is 5.95. The molecule has 122 valence electrons. The predicted molar refractivity (Wildman–Crippen MR) is 86.6 cm³/mol. The number of hydrogen-bond acceptors (Lipinski definition) is 4. The molecule has 1 saturated heterocycles. The summed E-state index contributed by atoms with van der Waals surface area (Å²) in [6.07, 6.45) is 1.92. The van der Waals surface area contributed by atoms with Gasteiger partial charge in [0.2, 0.25) is 0 Å². The number of amides is 1. The molecule has 5 heteroatoms. The number of methoxy groups -OCH3 is 2. The van der Waals surface area contributed by atoms with Crippen LogP contribution in [-0.4, -0.2) is 44.2 Å². The Morgan fingerprint density at radius 2 is 1.73 bits per heavy atom. The lowest BCUT2D eigenvalue weighted by Crippen LogP contribution is -2.42. The summed E-state index contributed by atoms with van der Waals surface area (Å²) in [5.74, 6) is 1.88. The van der Waals surface area contributed by atoms with Crippen molar-refractivity contribution in [2.75, 3.05) is 27.3 Å². The van der Waals surface area contributed by atoms with Crippen molar-refractivity contribution in [2.45, 2.75) is 32.7 Å². The summed E-state index contributed by atoms with van der Waals surface area (Å²) in [6.45, 7) is 5.46. The van der Waals surface area contributed by atoms with Gasteiger partial charge in [0.15, 0.2) is 0 Å². The van der Waals surface area contributed by atoms with Crippen molar-refractivity contribution in [1.82, 2.24) is 4.90 Å². The van der Waals surface area contributed by atoms with Crippen molar-refractivity contribution in [2.24, 2.45) is 11.7 Å². The average molecular weight is 306 g/mol. The number of carbonyl (C=O) groups is 1. The number of likely N-dealkylation sites (tertiary alicyclic amines) is 1. The van der Waals surface area contributed by atoms with Gasteiger partial charge in [-0.1, -0.05) is 0 Å². The zero-order valence-electron chi connectivity index (χ0n) is 13.9. The van der Waals surface area contributed by atoms with E-state index in [4.69, 9.17) is 15.2 Å². The van der Waals surface area contributed by atoms with Gasteiger partial charge in [-0.2, -0.15) is 0 Å². The van der Waals surface area contributed by atoms with Gasteiger partial charge in [-0.05, 0) is 44.7 Å². The second-order valence-electron chi connectivity index (χ2n) is 5.99. The number of hydrogen-bond donors (Lipinski definition) is 1. The molecular weight excluding hydrogens is 280 g/mol. The van der Waals surface area contributed by atoms with Gasteiger partial charge in [-0.15, -0.1) is 0 Å². The third-order valence-corrected chi connectivity index (χ3v) is 4.57. The highest BCUT2D eigenvalue weighted by Crippen LogP contribution is 2.30. The molecule has 2 N–H and O–H groups in total. The molecule has 1 aliphatic rings. The van der Waals surface area contributed by atoms with E-state index in [0.717, 1.165) is 31.5 Å². The Bertz CT molecular complexity index is 510. The van der Waals surface area contributed by atoms with Crippen molar-refractivity contribution in [3.8, 4) is 11.5 Å². The van der Waals surface area contributed by atoms with Gasteiger partial charge in [0, 0.05) is 30.3 Å². The van der Waals surface area contributed by atoms with Crippen molar-refractivity contribution >= 4 is 5.91 Å². The van der Waals surface area contributed by atoms with E-state index >= 15 is 0 Å². The minimum absolute atomic E-state index is 0.0275. The lowest BCUT2D eigenvalue weighted by atomic mass is 9.90. The smallest absolute Gasteiger partial charge is 0.254 e. The Morgan fingerprint density at radius 3 is 2.14 bits per heavy atom. The Morgan fingerprint density at radius 1 is 1.23 bits per heavy atom. The third-order valence-electron chi connectivity index (χ3n) is 4.57. The van der Waals surface area contributed by atoms with Crippen LogP contribution in [0.5, 0.6) is 11.5 Å². The quantitative estimate of drug-likeness (QED) is 0.926. The molecule has 0 spiro atoms. The highest BCUT2D eigenvalue weighted by atomic mass is 16.5. The van der Waals surface area contributed by atoms with E-state index in [1.54, 1.807) is 26.4 Å². The summed E-state index contributed by atoms with van der Waals surface area (Å²) >= 11 is 0. The molecule has 0 aromatic heterocycles. The second kappa shape index (κ2) is 7.01. The summed E-state index contributed by atoms with van der Waals surface area (Å²) < 4.78 is 10.7. The molecule has 5 nitrogen and oxygen atoms in total. The highest BCUT2D eigenvalue weighted by Gasteiger charge is 2.26. The molecule has 2 rings (SSSR count). The Balaban J connectivity index is 2.16. The van der Waals surface area contributed by atoms with Crippen LogP contribution in [0.3, 0.4) is 0 Å². The number of carbonyl (C=O) groups excluding carboxylic acids is 1. The van der Waals surface area contributed by atoms with Crippen LogP contribution in [0.2, 0.25) is 0 Å². The van der Waals surface area contributed by atoms with E-state index in [1.807, 2.05) is 18.7 Å². The van der Waals surface area contributed by atoms with Gasteiger partial charge in [0.1, 0.15) is 11.5 Å².